The standard InChI is InChI=1S/C18H25BrN2O2/c19-15-6-8-16(9-7-15)23-14-13-20-10-2-1-5-17(20)18(22)21-11-3-4-12-21/h6-9,17H,1-5,10-14H2. The lowest BCUT2D eigenvalue weighted by Gasteiger charge is -2.36. The van der Waals surface area contributed by atoms with Crippen LogP contribution in [0.25, 0.3) is 0 Å². The molecular formula is C18H25BrN2O2. The van der Waals surface area contributed by atoms with E-state index < -0.39 is 0 Å². The number of nitrogens with zero attached hydrogens (tertiary/aromatic N) is 2. The second-order valence-electron chi connectivity index (χ2n) is 6.38. The summed E-state index contributed by atoms with van der Waals surface area (Å²) in [5.41, 5.74) is 0. The Morgan fingerprint density at radius 3 is 2.52 bits per heavy atom. The number of rotatable bonds is 5. The number of likely N-dealkylation sites (tertiary alicyclic amines) is 2. The number of hydrogen-bond acceptors (Lipinski definition) is 3. The summed E-state index contributed by atoms with van der Waals surface area (Å²) in [4.78, 5) is 17.1. The van der Waals surface area contributed by atoms with Gasteiger partial charge in [0.15, 0.2) is 0 Å². The molecule has 1 unspecified atom stereocenters. The molecule has 3 rings (SSSR count). The Labute approximate surface area is 146 Å². The van der Waals surface area contributed by atoms with Gasteiger partial charge in [-0.3, -0.25) is 9.69 Å². The molecule has 0 spiro atoms. The van der Waals surface area contributed by atoms with E-state index in [1.807, 2.05) is 24.3 Å². The van der Waals surface area contributed by atoms with Gasteiger partial charge in [0.05, 0.1) is 6.04 Å². The third-order valence-electron chi connectivity index (χ3n) is 4.78. The highest BCUT2D eigenvalue weighted by Gasteiger charge is 2.32. The van der Waals surface area contributed by atoms with E-state index in [1.54, 1.807) is 0 Å². The van der Waals surface area contributed by atoms with E-state index in [0.717, 1.165) is 62.1 Å². The van der Waals surface area contributed by atoms with Gasteiger partial charge in [0.25, 0.3) is 0 Å². The van der Waals surface area contributed by atoms with Crippen LogP contribution in [0.15, 0.2) is 28.7 Å². The number of ether oxygens (including phenoxy) is 1. The lowest BCUT2D eigenvalue weighted by molar-refractivity contribution is -0.137. The Hall–Kier alpha value is -1.07. The Morgan fingerprint density at radius 1 is 1.09 bits per heavy atom. The number of piperidine rings is 1. The molecule has 1 aromatic carbocycles. The number of carbonyl (C=O) groups is 1. The van der Waals surface area contributed by atoms with Crippen LogP contribution in [0.2, 0.25) is 0 Å². The van der Waals surface area contributed by atoms with Crippen molar-refractivity contribution in [2.45, 2.75) is 38.1 Å². The van der Waals surface area contributed by atoms with Gasteiger partial charge in [0.2, 0.25) is 5.91 Å². The lowest BCUT2D eigenvalue weighted by Crippen LogP contribution is -2.51. The minimum absolute atomic E-state index is 0.0652. The summed E-state index contributed by atoms with van der Waals surface area (Å²) in [5, 5.41) is 0. The van der Waals surface area contributed by atoms with Crippen LogP contribution in [0, 0.1) is 0 Å². The molecule has 2 aliphatic heterocycles. The van der Waals surface area contributed by atoms with Crippen LogP contribution in [-0.4, -0.2) is 54.5 Å². The minimum atomic E-state index is 0.0652. The van der Waals surface area contributed by atoms with Crippen molar-refractivity contribution in [1.29, 1.82) is 0 Å². The molecular weight excluding hydrogens is 356 g/mol. The van der Waals surface area contributed by atoms with Gasteiger partial charge in [-0.05, 0) is 56.5 Å². The fourth-order valence-corrected chi connectivity index (χ4v) is 3.76. The molecule has 1 amide bonds. The molecule has 4 nitrogen and oxygen atoms in total. The highest BCUT2D eigenvalue weighted by Crippen LogP contribution is 2.21. The zero-order chi connectivity index (χ0) is 16.1. The van der Waals surface area contributed by atoms with Crippen molar-refractivity contribution < 1.29 is 9.53 Å². The van der Waals surface area contributed by atoms with E-state index in [-0.39, 0.29) is 6.04 Å². The van der Waals surface area contributed by atoms with E-state index in [9.17, 15) is 4.79 Å². The molecule has 0 radical (unpaired) electrons. The summed E-state index contributed by atoms with van der Waals surface area (Å²) in [7, 11) is 0. The van der Waals surface area contributed by atoms with E-state index in [0.29, 0.717) is 12.5 Å². The molecule has 2 aliphatic rings. The topological polar surface area (TPSA) is 32.8 Å². The van der Waals surface area contributed by atoms with E-state index >= 15 is 0 Å². The van der Waals surface area contributed by atoms with Crippen LogP contribution >= 0.6 is 15.9 Å². The number of halogens is 1. The van der Waals surface area contributed by atoms with Crippen molar-refractivity contribution in [2.24, 2.45) is 0 Å². The predicted octanol–water partition coefficient (Wildman–Crippen LogP) is 3.30. The Kier molecular flexibility index (Phi) is 5.95. The zero-order valence-electron chi connectivity index (χ0n) is 13.5. The number of carbonyl (C=O) groups excluding carboxylic acids is 1. The van der Waals surface area contributed by atoms with Crippen molar-refractivity contribution in [3.8, 4) is 5.75 Å². The maximum Gasteiger partial charge on any atom is 0.239 e. The molecule has 0 aromatic heterocycles. The van der Waals surface area contributed by atoms with Gasteiger partial charge >= 0.3 is 0 Å². The Bertz CT molecular complexity index is 514. The van der Waals surface area contributed by atoms with Crippen LogP contribution in [0.5, 0.6) is 5.75 Å². The van der Waals surface area contributed by atoms with Crippen molar-refractivity contribution in [3.05, 3.63) is 28.7 Å². The highest BCUT2D eigenvalue weighted by molar-refractivity contribution is 9.10. The summed E-state index contributed by atoms with van der Waals surface area (Å²) in [6.45, 7) is 4.34. The average molecular weight is 381 g/mol. The molecule has 126 valence electrons. The van der Waals surface area contributed by atoms with Crippen molar-refractivity contribution in [3.63, 3.8) is 0 Å². The fourth-order valence-electron chi connectivity index (χ4n) is 3.50. The molecule has 1 atom stereocenters. The van der Waals surface area contributed by atoms with Gasteiger partial charge in [-0.2, -0.15) is 0 Å². The Morgan fingerprint density at radius 2 is 1.78 bits per heavy atom. The molecule has 2 saturated heterocycles. The largest absolute Gasteiger partial charge is 0.492 e. The van der Waals surface area contributed by atoms with Crippen molar-refractivity contribution in [2.75, 3.05) is 32.8 Å². The second kappa shape index (κ2) is 8.15. The number of amides is 1. The third-order valence-corrected chi connectivity index (χ3v) is 5.31. The highest BCUT2D eigenvalue weighted by atomic mass is 79.9. The normalized spacial score (nSPS) is 22.3. The first kappa shape index (κ1) is 16.8. The maximum atomic E-state index is 12.7. The molecule has 0 aliphatic carbocycles. The number of hydrogen-bond donors (Lipinski definition) is 0. The summed E-state index contributed by atoms with van der Waals surface area (Å²) >= 11 is 3.43. The van der Waals surface area contributed by atoms with Crippen LogP contribution < -0.4 is 4.74 Å². The van der Waals surface area contributed by atoms with E-state index in [4.69, 9.17) is 4.74 Å². The van der Waals surface area contributed by atoms with Gasteiger partial charge in [-0.25, -0.2) is 0 Å². The maximum absolute atomic E-state index is 12.7. The smallest absolute Gasteiger partial charge is 0.239 e. The first-order chi connectivity index (χ1) is 11.2. The lowest BCUT2D eigenvalue weighted by atomic mass is 10.0. The molecule has 0 N–H and O–H groups in total. The van der Waals surface area contributed by atoms with Gasteiger partial charge in [-0.1, -0.05) is 22.4 Å². The summed E-state index contributed by atoms with van der Waals surface area (Å²) in [5.74, 6) is 1.22. The Balaban J connectivity index is 1.51. The fraction of sp³-hybridized carbons (Fsp3) is 0.611. The SMILES string of the molecule is O=C(C1CCCCN1CCOc1ccc(Br)cc1)N1CCCC1. The average Bonchev–Trinajstić information content (AvgIpc) is 3.11. The van der Waals surface area contributed by atoms with Crippen LogP contribution in [0.3, 0.4) is 0 Å². The van der Waals surface area contributed by atoms with Gasteiger partial charge < -0.3 is 9.64 Å². The van der Waals surface area contributed by atoms with Crippen molar-refractivity contribution >= 4 is 21.8 Å². The summed E-state index contributed by atoms with van der Waals surface area (Å²) < 4.78 is 6.88. The van der Waals surface area contributed by atoms with Crippen LogP contribution in [0.4, 0.5) is 0 Å². The summed E-state index contributed by atoms with van der Waals surface area (Å²) in [6.07, 6.45) is 5.65. The minimum Gasteiger partial charge on any atom is -0.492 e. The molecule has 1 aromatic rings. The van der Waals surface area contributed by atoms with Gasteiger partial charge in [0, 0.05) is 24.1 Å². The molecule has 5 heteroatoms. The molecule has 2 heterocycles. The quantitative estimate of drug-likeness (QED) is 0.785. The molecule has 2 fully saturated rings. The number of benzene rings is 1. The van der Waals surface area contributed by atoms with Crippen molar-refractivity contribution in [1.82, 2.24) is 9.80 Å². The first-order valence-electron chi connectivity index (χ1n) is 8.65. The first-order valence-corrected chi connectivity index (χ1v) is 9.44. The van der Waals surface area contributed by atoms with Gasteiger partial charge in [0.1, 0.15) is 12.4 Å². The molecule has 23 heavy (non-hydrogen) atoms. The van der Waals surface area contributed by atoms with Crippen LogP contribution in [0.1, 0.15) is 32.1 Å². The van der Waals surface area contributed by atoms with E-state index in [1.165, 1.54) is 6.42 Å². The van der Waals surface area contributed by atoms with E-state index in [2.05, 4.69) is 25.7 Å². The second-order valence-corrected chi connectivity index (χ2v) is 7.30. The van der Waals surface area contributed by atoms with Crippen LogP contribution in [-0.2, 0) is 4.79 Å². The summed E-state index contributed by atoms with van der Waals surface area (Å²) in [6, 6.07) is 7.96. The van der Waals surface area contributed by atoms with Gasteiger partial charge in [-0.15, -0.1) is 0 Å². The zero-order valence-corrected chi connectivity index (χ0v) is 15.1. The molecule has 0 saturated carbocycles. The third kappa shape index (κ3) is 4.48. The predicted molar refractivity (Wildman–Crippen MR) is 94.7 cm³/mol. The monoisotopic (exact) mass is 380 g/mol. The molecule has 0 bridgehead atoms.